The molecule has 2 aliphatic rings. The Morgan fingerprint density at radius 3 is 2.65 bits per heavy atom. The second kappa shape index (κ2) is 6.01. The standard InChI is InChI=1S/C21H24N4O/c1-23-13-15(19-4-2-3-5-20(19)23)10-21(26)25-16-6-7-17(25)12-18(11-16)24-9-8-22-14-24/h2-5,8-9,13-14,16-18H,6-7,10-12H2,1H3. The highest BCUT2D eigenvalue weighted by Gasteiger charge is 2.43. The number of benzene rings is 1. The molecule has 5 rings (SSSR count). The van der Waals surface area contributed by atoms with Crippen LogP contribution in [0.2, 0.25) is 0 Å². The first-order valence-corrected chi connectivity index (χ1v) is 9.52. The smallest absolute Gasteiger partial charge is 0.227 e. The normalized spacial score (nSPS) is 25.1. The number of hydrogen-bond acceptors (Lipinski definition) is 2. The number of aryl methyl sites for hydroxylation is 1. The molecule has 5 nitrogen and oxygen atoms in total. The van der Waals surface area contributed by atoms with E-state index in [0.29, 0.717) is 24.5 Å². The Kier molecular flexibility index (Phi) is 3.62. The lowest BCUT2D eigenvalue weighted by atomic mass is 9.96. The predicted octanol–water partition coefficient (Wildman–Crippen LogP) is 3.31. The molecule has 2 atom stereocenters. The van der Waals surface area contributed by atoms with Gasteiger partial charge in [-0.15, -0.1) is 0 Å². The van der Waals surface area contributed by atoms with Gasteiger partial charge in [0.05, 0.1) is 12.7 Å². The van der Waals surface area contributed by atoms with E-state index in [0.717, 1.165) is 31.2 Å². The van der Waals surface area contributed by atoms with Crippen LogP contribution in [0, 0.1) is 0 Å². The average molecular weight is 348 g/mol. The van der Waals surface area contributed by atoms with E-state index in [1.54, 1.807) is 0 Å². The summed E-state index contributed by atoms with van der Waals surface area (Å²) in [5.41, 5.74) is 2.33. The quantitative estimate of drug-likeness (QED) is 0.729. The highest BCUT2D eigenvalue weighted by molar-refractivity contribution is 5.89. The van der Waals surface area contributed by atoms with Crippen LogP contribution < -0.4 is 0 Å². The van der Waals surface area contributed by atoms with Crippen molar-refractivity contribution < 1.29 is 4.79 Å². The van der Waals surface area contributed by atoms with Crippen molar-refractivity contribution in [1.82, 2.24) is 19.0 Å². The van der Waals surface area contributed by atoms with Crippen molar-refractivity contribution in [2.24, 2.45) is 7.05 Å². The molecule has 1 amide bonds. The third kappa shape index (κ3) is 2.45. The van der Waals surface area contributed by atoms with Crippen LogP contribution in [0.25, 0.3) is 10.9 Å². The number of carbonyl (C=O) groups excluding carboxylic acids is 1. The summed E-state index contributed by atoms with van der Waals surface area (Å²) in [4.78, 5) is 19.6. The van der Waals surface area contributed by atoms with Crippen LogP contribution in [0.15, 0.2) is 49.2 Å². The molecular formula is C21H24N4O. The first-order chi connectivity index (χ1) is 12.7. The maximum absolute atomic E-state index is 13.2. The maximum atomic E-state index is 13.2. The minimum absolute atomic E-state index is 0.290. The number of carbonyl (C=O) groups is 1. The number of piperidine rings is 1. The van der Waals surface area contributed by atoms with Crippen molar-refractivity contribution >= 4 is 16.8 Å². The number of amides is 1. The van der Waals surface area contributed by atoms with Gasteiger partial charge in [-0.05, 0) is 37.3 Å². The van der Waals surface area contributed by atoms with Gasteiger partial charge < -0.3 is 14.0 Å². The number of fused-ring (bicyclic) bond motifs is 3. The zero-order valence-corrected chi connectivity index (χ0v) is 15.1. The van der Waals surface area contributed by atoms with Gasteiger partial charge in [-0.25, -0.2) is 4.98 Å². The lowest BCUT2D eigenvalue weighted by Gasteiger charge is -2.39. The first kappa shape index (κ1) is 15.7. The summed E-state index contributed by atoms with van der Waals surface area (Å²) in [7, 11) is 2.05. The number of para-hydroxylation sites is 1. The molecular weight excluding hydrogens is 324 g/mol. The van der Waals surface area contributed by atoms with Crippen molar-refractivity contribution in [3.8, 4) is 0 Å². The van der Waals surface area contributed by atoms with Crippen molar-refractivity contribution in [3.05, 3.63) is 54.7 Å². The molecule has 0 aliphatic carbocycles. The molecule has 2 saturated heterocycles. The Morgan fingerprint density at radius 1 is 1.15 bits per heavy atom. The summed E-state index contributed by atoms with van der Waals surface area (Å²) < 4.78 is 4.34. The number of imidazole rings is 1. The molecule has 4 heterocycles. The van der Waals surface area contributed by atoms with E-state index >= 15 is 0 Å². The van der Waals surface area contributed by atoms with E-state index in [2.05, 4.69) is 62.7 Å². The van der Waals surface area contributed by atoms with Crippen LogP contribution in [-0.4, -0.2) is 37.0 Å². The van der Waals surface area contributed by atoms with Crippen molar-refractivity contribution in [2.45, 2.75) is 50.2 Å². The minimum atomic E-state index is 0.290. The third-order valence-corrected chi connectivity index (χ3v) is 6.26. The van der Waals surface area contributed by atoms with E-state index in [1.807, 2.05) is 12.5 Å². The van der Waals surface area contributed by atoms with Gasteiger partial charge in [-0.1, -0.05) is 18.2 Å². The Balaban J connectivity index is 1.36. The highest BCUT2D eigenvalue weighted by atomic mass is 16.2. The molecule has 2 fully saturated rings. The minimum Gasteiger partial charge on any atom is -0.350 e. The molecule has 0 spiro atoms. The van der Waals surface area contributed by atoms with Gasteiger partial charge in [0, 0.05) is 54.7 Å². The highest BCUT2D eigenvalue weighted by Crippen LogP contribution is 2.41. The van der Waals surface area contributed by atoms with Gasteiger partial charge in [0.15, 0.2) is 0 Å². The number of aromatic nitrogens is 3. The van der Waals surface area contributed by atoms with Gasteiger partial charge in [-0.2, -0.15) is 0 Å². The summed E-state index contributed by atoms with van der Waals surface area (Å²) in [5.74, 6) is 0.290. The fourth-order valence-electron chi connectivity index (χ4n) is 5.11. The SMILES string of the molecule is Cn1cc(CC(=O)N2C3CCC2CC(n2ccnc2)C3)c2ccccc21. The van der Waals surface area contributed by atoms with Crippen LogP contribution in [0.4, 0.5) is 0 Å². The Morgan fingerprint density at radius 2 is 1.92 bits per heavy atom. The van der Waals surface area contributed by atoms with Gasteiger partial charge >= 0.3 is 0 Å². The third-order valence-electron chi connectivity index (χ3n) is 6.26. The summed E-state index contributed by atoms with van der Waals surface area (Å²) >= 11 is 0. The van der Waals surface area contributed by atoms with E-state index in [1.165, 1.54) is 10.9 Å². The van der Waals surface area contributed by atoms with Gasteiger partial charge in [0.2, 0.25) is 5.91 Å². The van der Waals surface area contributed by atoms with E-state index < -0.39 is 0 Å². The summed E-state index contributed by atoms with van der Waals surface area (Å²) in [6.45, 7) is 0. The molecule has 2 unspecified atom stereocenters. The number of hydrogen-bond donors (Lipinski definition) is 0. The van der Waals surface area contributed by atoms with Crippen molar-refractivity contribution in [3.63, 3.8) is 0 Å². The van der Waals surface area contributed by atoms with Crippen LogP contribution >= 0.6 is 0 Å². The maximum Gasteiger partial charge on any atom is 0.227 e. The zero-order chi connectivity index (χ0) is 17.7. The lowest BCUT2D eigenvalue weighted by Crippen LogP contribution is -2.47. The fraction of sp³-hybridized carbons (Fsp3) is 0.429. The van der Waals surface area contributed by atoms with Crippen LogP contribution in [0.5, 0.6) is 0 Å². The van der Waals surface area contributed by atoms with E-state index in [-0.39, 0.29) is 5.91 Å². The Hall–Kier alpha value is -2.56. The Bertz CT molecular complexity index is 928. The lowest BCUT2D eigenvalue weighted by molar-refractivity contribution is -0.135. The summed E-state index contributed by atoms with van der Waals surface area (Å²) in [6, 6.07) is 9.58. The molecule has 0 saturated carbocycles. The molecule has 0 radical (unpaired) electrons. The van der Waals surface area contributed by atoms with Crippen LogP contribution in [-0.2, 0) is 18.3 Å². The molecule has 2 aliphatic heterocycles. The number of rotatable bonds is 3. The average Bonchev–Trinajstić information content (AvgIpc) is 3.34. The van der Waals surface area contributed by atoms with Gasteiger partial charge in [0.1, 0.15) is 0 Å². The van der Waals surface area contributed by atoms with Crippen molar-refractivity contribution in [1.29, 1.82) is 0 Å². The molecule has 2 aromatic heterocycles. The summed E-state index contributed by atoms with van der Waals surface area (Å²) in [5, 5.41) is 1.20. The van der Waals surface area contributed by atoms with E-state index in [4.69, 9.17) is 0 Å². The van der Waals surface area contributed by atoms with Crippen LogP contribution in [0.1, 0.15) is 37.3 Å². The predicted molar refractivity (Wildman–Crippen MR) is 101 cm³/mol. The molecule has 2 bridgehead atoms. The molecule has 1 aromatic carbocycles. The Labute approximate surface area is 153 Å². The summed E-state index contributed by atoms with van der Waals surface area (Å²) in [6.07, 6.45) is 12.8. The fourth-order valence-corrected chi connectivity index (χ4v) is 5.11. The van der Waals surface area contributed by atoms with Gasteiger partial charge in [-0.3, -0.25) is 4.79 Å². The molecule has 5 heteroatoms. The van der Waals surface area contributed by atoms with Gasteiger partial charge in [0.25, 0.3) is 0 Å². The monoisotopic (exact) mass is 348 g/mol. The second-order valence-electron chi connectivity index (χ2n) is 7.78. The van der Waals surface area contributed by atoms with Crippen LogP contribution in [0.3, 0.4) is 0 Å². The van der Waals surface area contributed by atoms with E-state index in [9.17, 15) is 4.79 Å². The second-order valence-corrected chi connectivity index (χ2v) is 7.78. The number of nitrogens with zero attached hydrogens (tertiary/aromatic N) is 4. The molecule has 3 aromatic rings. The first-order valence-electron chi connectivity index (χ1n) is 9.52. The largest absolute Gasteiger partial charge is 0.350 e. The molecule has 26 heavy (non-hydrogen) atoms. The molecule has 0 N–H and O–H groups in total. The topological polar surface area (TPSA) is 43.1 Å². The molecule has 134 valence electrons. The zero-order valence-electron chi connectivity index (χ0n) is 15.1. The van der Waals surface area contributed by atoms with Crippen molar-refractivity contribution in [2.75, 3.05) is 0 Å².